The average molecular weight is 303 g/mol. The van der Waals surface area contributed by atoms with Crippen LogP contribution in [-0.4, -0.2) is 50.1 Å². The smallest absolute Gasteiger partial charge is 0.354 e. The van der Waals surface area contributed by atoms with Crippen LogP contribution in [-0.2, 0) is 11.8 Å². The number of aromatic carboxylic acids is 1. The highest BCUT2D eigenvalue weighted by Crippen LogP contribution is 2.19. The van der Waals surface area contributed by atoms with Gasteiger partial charge in [0, 0.05) is 38.6 Å². The fourth-order valence-electron chi connectivity index (χ4n) is 2.39. The van der Waals surface area contributed by atoms with Crippen LogP contribution in [0.2, 0.25) is 0 Å². The molecule has 0 aromatic carbocycles. The summed E-state index contributed by atoms with van der Waals surface area (Å²) in [6.45, 7) is 1.47. The minimum absolute atomic E-state index is 0.118. The van der Waals surface area contributed by atoms with Crippen LogP contribution < -0.4 is 5.32 Å². The van der Waals surface area contributed by atoms with Gasteiger partial charge in [-0.2, -0.15) is 5.10 Å². The van der Waals surface area contributed by atoms with Gasteiger partial charge < -0.3 is 15.2 Å². The van der Waals surface area contributed by atoms with Gasteiger partial charge in [-0.25, -0.2) is 14.8 Å². The Hall–Kier alpha value is -2.48. The minimum atomic E-state index is -1.02. The zero-order valence-electron chi connectivity index (χ0n) is 12.2. The molecule has 8 nitrogen and oxygen atoms in total. The van der Waals surface area contributed by atoms with E-state index in [1.165, 1.54) is 10.7 Å². The first-order valence-electron chi connectivity index (χ1n) is 7.08. The number of nitrogens with zero attached hydrogens (tertiary/aromatic N) is 4. The number of carboxylic acids is 1. The molecular formula is C14H17N5O3. The lowest BCUT2D eigenvalue weighted by Gasteiger charge is -2.23. The molecule has 0 amide bonds. The Morgan fingerprint density at radius 3 is 2.86 bits per heavy atom. The van der Waals surface area contributed by atoms with Gasteiger partial charge in [0.1, 0.15) is 11.4 Å². The molecule has 1 aliphatic rings. The van der Waals surface area contributed by atoms with Gasteiger partial charge in [0.2, 0.25) is 5.95 Å². The summed E-state index contributed by atoms with van der Waals surface area (Å²) in [7, 11) is 1.59. The van der Waals surface area contributed by atoms with Crippen molar-refractivity contribution in [2.45, 2.75) is 18.9 Å². The highest BCUT2D eigenvalue weighted by atomic mass is 16.5. The Morgan fingerprint density at radius 1 is 1.41 bits per heavy atom. The van der Waals surface area contributed by atoms with Gasteiger partial charge in [0.05, 0.1) is 5.69 Å². The maximum absolute atomic E-state index is 11.1. The molecule has 3 heterocycles. The van der Waals surface area contributed by atoms with Crippen molar-refractivity contribution in [3.8, 4) is 11.4 Å². The number of anilines is 1. The van der Waals surface area contributed by atoms with Gasteiger partial charge in [-0.1, -0.05) is 0 Å². The molecule has 0 atom stereocenters. The van der Waals surface area contributed by atoms with Crippen molar-refractivity contribution in [1.29, 1.82) is 0 Å². The summed E-state index contributed by atoms with van der Waals surface area (Å²) in [5.74, 6) is -0.497. The number of aryl methyl sites for hydroxylation is 1. The maximum Gasteiger partial charge on any atom is 0.354 e. The van der Waals surface area contributed by atoms with Crippen LogP contribution in [0.4, 0.5) is 5.95 Å². The fourth-order valence-corrected chi connectivity index (χ4v) is 2.39. The molecule has 1 aliphatic heterocycles. The summed E-state index contributed by atoms with van der Waals surface area (Å²) in [5.41, 5.74) is 1.22. The number of ether oxygens (including phenoxy) is 1. The molecule has 0 bridgehead atoms. The topological polar surface area (TPSA) is 102 Å². The Morgan fingerprint density at radius 2 is 2.18 bits per heavy atom. The molecule has 2 aromatic rings. The zero-order chi connectivity index (χ0) is 15.5. The van der Waals surface area contributed by atoms with E-state index < -0.39 is 5.97 Å². The van der Waals surface area contributed by atoms with Gasteiger partial charge in [-0.15, -0.1) is 0 Å². The number of hydrogen-bond donors (Lipinski definition) is 2. The second-order valence-electron chi connectivity index (χ2n) is 5.14. The van der Waals surface area contributed by atoms with E-state index in [-0.39, 0.29) is 5.69 Å². The van der Waals surface area contributed by atoms with Crippen molar-refractivity contribution in [1.82, 2.24) is 19.7 Å². The Kier molecular flexibility index (Phi) is 4.01. The molecule has 0 aliphatic carbocycles. The Balaban J connectivity index is 1.81. The quantitative estimate of drug-likeness (QED) is 0.874. The Bertz CT molecular complexity index is 679. The number of nitrogens with one attached hydrogen (secondary N) is 1. The second-order valence-corrected chi connectivity index (χ2v) is 5.14. The molecule has 2 aromatic heterocycles. The van der Waals surface area contributed by atoms with Crippen molar-refractivity contribution in [2.75, 3.05) is 18.5 Å². The number of hydrogen-bond acceptors (Lipinski definition) is 6. The molecule has 0 unspecified atom stereocenters. The maximum atomic E-state index is 11.1. The molecule has 8 heteroatoms. The monoisotopic (exact) mass is 303 g/mol. The third kappa shape index (κ3) is 3.06. The van der Waals surface area contributed by atoms with E-state index in [1.54, 1.807) is 19.3 Å². The van der Waals surface area contributed by atoms with E-state index in [9.17, 15) is 4.79 Å². The molecule has 22 heavy (non-hydrogen) atoms. The third-order valence-electron chi connectivity index (χ3n) is 3.57. The molecule has 116 valence electrons. The second kappa shape index (κ2) is 6.10. The van der Waals surface area contributed by atoms with Crippen molar-refractivity contribution in [3.63, 3.8) is 0 Å². The summed E-state index contributed by atoms with van der Waals surface area (Å²) in [4.78, 5) is 19.7. The van der Waals surface area contributed by atoms with E-state index in [0.717, 1.165) is 26.1 Å². The predicted octanol–water partition coefficient (Wildman–Crippen LogP) is 1.17. The van der Waals surface area contributed by atoms with E-state index in [2.05, 4.69) is 20.4 Å². The largest absolute Gasteiger partial charge is 0.477 e. The standard InChI is InChI=1S/C14H17N5O3/c1-19-12(13(20)21)8-11(18-19)10-2-5-15-14(17-10)16-9-3-6-22-7-4-9/h2,5,8-9H,3-4,6-7H2,1H3,(H,20,21)(H,15,16,17). The van der Waals surface area contributed by atoms with Crippen LogP contribution in [0.5, 0.6) is 0 Å². The van der Waals surface area contributed by atoms with E-state index in [4.69, 9.17) is 9.84 Å². The lowest BCUT2D eigenvalue weighted by Crippen LogP contribution is -2.28. The molecule has 1 saturated heterocycles. The van der Waals surface area contributed by atoms with E-state index in [1.807, 2.05) is 0 Å². The highest BCUT2D eigenvalue weighted by Gasteiger charge is 2.16. The fraction of sp³-hybridized carbons (Fsp3) is 0.429. The lowest BCUT2D eigenvalue weighted by atomic mass is 10.1. The molecule has 3 rings (SSSR count). The third-order valence-corrected chi connectivity index (χ3v) is 3.57. The molecule has 1 fully saturated rings. The van der Waals surface area contributed by atoms with Crippen molar-refractivity contribution >= 4 is 11.9 Å². The minimum Gasteiger partial charge on any atom is -0.477 e. The first-order chi connectivity index (χ1) is 10.6. The van der Waals surface area contributed by atoms with Crippen molar-refractivity contribution < 1.29 is 14.6 Å². The van der Waals surface area contributed by atoms with E-state index >= 15 is 0 Å². The van der Waals surface area contributed by atoms with Gasteiger partial charge in [-0.3, -0.25) is 4.68 Å². The zero-order valence-corrected chi connectivity index (χ0v) is 12.2. The van der Waals surface area contributed by atoms with Crippen molar-refractivity contribution in [3.05, 3.63) is 24.0 Å². The van der Waals surface area contributed by atoms with Crippen LogP contribution in [0.3, 0.4) is 0 Å². The van der Waals surface area contributed by atoms with Gasteiger partial charge in [-0.05, 0) is 18.9 Å². The van der Waals surface area contributed by atoms with Crippen molar-refractivity contribution in [2.24, 2.45) is 7.05 Å². The number of carboxylic acid groups (broad SMARTS) is 1. The number of aromatic nitrogens is 4. The number of carbonyl (C=O) groups is 1. The summed E-state index contributed by atoms with van der Waals surface area (Å²) >= 11 is 0. The van der Waals surface area contributed by atoms with Crippen LogP contribution in [0.1, 0.15) is 23.3 Å². The highest BCUT2D eigenvalue weighted by molar-refractivity contribution is 5.87. The van der Waals surface area contributed by atoms with Gasteiger partial charge >= 0.3 is 5.97 Å². The summed E-state index contributed by atoms with van der Waals surface area (Å²) in [6.07, 6.45) is 3.47. The van der Waals surface area contributed by atoms with Gasteiger partial charge in [0.25, 0.3) is 0 Å². The first-order valence-corrected chi connectivity index (χ1v) is 7.08. The Labute approximate surface area is 127 Å². The average Bonchev–Trinajstić information content (AvgIpc) is 2.91. The molecule has 0 saturated carbocycles. The predicted molar refractivity (Wildman–Crippen MR) is 78.7 cm³/mol. The SMILES string of the molecule is Cn1nc(-c2ccnc(NC3CCOCC3)n2)cc1C(=O)O. The van der Waals surface area contributed by atoms with Crippen LogP contribution >= 0.6 is 0 Å². The molecule has 2 N–H and O–H groups in total. The summed E-state index contributed by atoms with van der Waals surface area (Å²) < 4.78 is 6.64. The number of rotatable bonds is 4. The van der Waals surface area contributed by atoms with Crippen LogP contribution in [0.15, 0.2) is 18.3 Å². The van der Waals surface area contributed by atoms with E-state index in [0.29, 0.717) is 23.4 Å². The van der Waals surface area contributed by atoms with Crippen LogP contribution in [0, 0.1) is 0 Å². The normalized spacial score (nSPS) is 15.7. The summed E-state index contributed by atoms with van der Waals surface area (Å²) in [6, 6.07) is 3.51. The summed E-state index contributed by atoms with van der Waals surface area (Å²) in [5, 5.41) is 16.5. The molecular weight excluding hydrogens is 286 g/mol. The molecule has 0 radical (unpaired) electrons. The first kappa shape index (κ1) is 14.5. The molecule has 0 spiro atoms. The van der Waals surface area contributed by atoms with Crippen LogP contribution in [0.25, 0.3) is 11.4 Å². The lowest BCUT2D eigenvalue weighted by molar-refractivity contribution is 0.0685. The van der Waals surface area contributed by atoms with Gasteiger partial charge in [0.15, 0.2) is 0 Å².